The molecular formula is C21H34F2IN3O4. The van der Waals surface area contributed by atoms with Gasteiger partial charge in [0.25, 0.3) is 0 Å². The van der Waals surface area contributed by atoms with Crippen molar-refractivity contribution in [3.63, 3.8) is 0 Å². The fourth-order valence-electron chi connectivity index (χ4n) is 3.08. The summed E-state index contributed by atoms with van der Waals surface area (Å²) >= 11 is 0. The minimum Gasteiger partial charge on any atom is -0.493 e. The molecule has 178 valence electrons. The van der Waals surface area contributed by atoms with E-state index < -0.39 is 6.61 Å². The van der Waals surface area contributed by atoms with Gasteiger partial charge in [0.1, 0.15) is 0 Å². The van der Waals surface area contributed by atoms with E-state index in [1.54, 1.807) is 12.1 Å². The number of benzene rings is 1. The number of ether oxygens (including phenoxy) is 4. The maximum absolute atomic E-state index is 12.6. The first kappa shape index (κ1) is 27.6. The zero-order valence-corrected chi connectivity index (χ0v) is 20.5. The van der Waals surface area contributed by atoms with E-state index >= 15 is 0 Å². The Balaban J connectivity index is 0.00000480. The van der Waals surface area contributed by atoms with Gasteiger partial charge in [-0.3, -0.25) is 4.99 Å². The molecule has 1 atom stereocenters. The van der Waals surface area contributed by atoms with Gasteiger partial charge < -0.3 is 29.6 Å². The van der Waals surface area contributed by atoms with Crippen LogP contribution in [0.3, 0.4) is 0 Å². The second kappa shape index (κ2) is 16.3. The van der Waals surface area contributed by atoms with Crippen LogP contribution in [0.25, 0.3) is 0 Å². The summed E-state index contributed by atoms with van der Waals surface area (Å²) in [4.78, 5) is 4.54. The Bertz CT molecular complexity index is 647. The quantitative estimate of drug-likeness (QED) is 0.167. The highest BCUT2D eigenvalue weighted by Crippen LogP contribution is 2.29. The molecule has 10 heteroatoms. The molecule has 31 heavy (non-hydrogen) atoms. The van der Waals surface area contributed by atoms with Crippen LogP contribution in [0.2, 0.25) is 0 Å². The van der Waals surface area contributed by atoms with E-state index in [1.807, 2.05) is 13.0 Å². The van der Waals surface area contributed by atoms with Crippen molar-refractivity contribution in [1.29, 1.82) is 0 Å². The average molecular weight is 557 g/mol. The maximum Gasteiger partial charge on any atom is 0.387 e. The lowest BCUT2D eigenvalue weighted by molar-refractivity contribution is -0.0512. The number of nitrogens with one attached hydrogen (secondary N) is 2. The van der Waals surface area contributed by atoms with Crippen LogP contribution < -0.4 is 20.1 Å². The molecule has 1 fully saturated rings. The lowest BCUT2D eigenvalue weighted by atomic mass is 10.1. The Labute approximate surface area is 200 Å². The second-order valence-corrected chi connectivity index (χ2v) is 6.86. The highest BCUT2D eigenvalue weighted by molar-refractivity contribution is 14.0. The van der Waals surface area contributed by atoms with Crippen LogP contribution in [0.5, 0.6) is 11.5 Å². The molecule has 1 aliphatic heterocycles. The molecule has 2 N–H and O–H groups in total. The zero-order chi connectivity index (χ0) is 21.6. The number of hydrogen-bond donors (Lipinski definition) is 2. The van der Waals surface area contributed by atoms with Crippen LogP contribution in [0, 0.1) is 0 Å². The van der Waals surface area contributed by atoms with E-state index in [9.17, 15) is 8.78 Å². The van der Waals surface area contributed by atoms with Crippen LogP contribution in [-0.2, 0) is 15.9 Å². The minimum absolute atomic E-state index is 0. The van der Waals surface area contributed by atoms with Gasteiger partial charge in [0.15, 0.2) is 17.5 Å². The fraction of sp³-hybridized carbons (Fsp3) is 0.667. The summed E-state index contributed by atoms with van der Waals surface area (Å²) in [5.41, 5.74) is 0.859. The average Bonchev–Trinajstić information content (AvgIpc) is 3.24. The van der Waals surface area contributed by atoms with E-state index in [0.29, 0.717) is 38.7 Å². The normalized spacial score (nSPS) is 16.2. The number of methoxy groups -OCH3 is 1. The maximum atomic E-state index is 12.6. The van der Waals surface area contributed by atoms with E-state index in [4.69, 9.17) is 14.2 Å². The van der Waals surface area contributed by atoms with Gasteiger partial charge in [-0.15, -0.1) is 24.0 Å². The van der Waals surface area contributed by atoms with Crippen molar-refractivity contribution >= 4 is 29.9 Å². The number of nitrogens with zero attached hydrogens (tertiary/aromatic N) is 1. The van der Waals surface area contributed by atoms with Crippen molar-refractivity contribution in [2.45, 2.75) is 45.3 Å². The Morgan fingerprint density at radius 1 is 1.29 bits per heavy atom. The third kappa shape index (κ3) is 11.2. The number of hydrogen-bond acceptors (Lipinski definition) is 5. The topological polar surface area (TPSA) is 73.3 Å². The summed E-state index contributed by atoms with van der Waals surface area (Å²) in [7, 11) is 1.42. The minimum atomic E-state index is -2.89. The molecule has 0 radical (unpaired) electrons. The molecule has 1 saturated heterocycles. The van der Waals surface area contributed by atoms with Crippen LogP contribution in [0.15, 0.2) is 23.2 Å². The molecule has 1 unspecified atom stereocenters. The molecule has 0 aromatic heterocycles. The van der Waals surface area contributed by atoms with Crippen LogP contribution in [0.1, 0.15) is 31.7 Å². The van der Waals surface area contributed by atoms with E-state index in [-0.39, 0.29) is 41.6 Å². The van der Waals surface area contributed by atoms with Gasteiger partial charge in [-0.2, -0.15) is 8.78 Å². The molecule has 1 aliphatic rings. The standard InChI is InChI=1S/C21H33F2N3O4.HI/c1-3-24-21(25-10-5-12-28-15-17-6-4-13-29-17)26-11-9-16-7-8-18(27-2)19(14-16)30-20(22)23;/h7-8,14,17,20H,3-6,9-13,15H2,1-2H3,(H2,24,25,26);1H. The van der Waals surface area contributed by atoms with Crippen molar-refractivity contribution < 1.29 is 27.7 Å². The number of aliphatic imine (C=N–C) groups is 1. The summed E-state index contributed by atoms with van der Waals surface area (Å²) in [6.07, 6.45) is 3.90. The van der Waals surface area contributed by atoms with Crippen molar-refractivity contribution in [3.8, 4) is 11.5 Å². The second-order valence-electron chi connectivity index (χ2n) is 6.86. The van der Waals surface area contributed by atoms with Crippen LogP contribution in [-0.4, -0.2) is 65.2 Å². The van der Waals surface area contributed by atoms with Gasteiger partial charge in [0, 0.05) is 32.8 Å². The van der Waals surface area contributed by atoms with Gasteiger partial charge in [-0.1, -0.05) is 6.07 Å². The first-order valence-corrected chi connectivity index (χ1v) is 10.5. The lowest BCUT2D eigenvalue weighted by Crippen LogP contribution is -2.38. The van der Waals surface area contributed by atoms with Crippen molar-refractivity contribution in [3.05, 3.63) is 23.8 Å². The molecule has 0 aliphatic carbocycles. The van der Waals surface area contributed by atoms with Gasteiger partial charge in [-0.25, -0.2) is 0 Å². The number of rotatable bonds is 13. The largest absolute Gasteiger partial charge is 0.493 e. The van der Waals surface area contributed by atoms with Crippen molar-refractivity contribution in [2.75, 3.05) is 46.6 Å². The van der Waals surface area contributed by atoms with E-state index in [0.717, 1.165) is 38.0 Å². The van der Waals surface area contributed by atoms with Gasteiger partial charge in [-0.05, 0) is 50.3 Å². The predicted molar refractivity (Wildman–Crippen MR) is 127 cm³/mol. The summed E-state index contributed by atoms with van der Waals surface area (Å²) in [5.74, 6) is 1.03. The number of halogens is 3. The summed E-state index contributed by atoms with van der Waals surface area (Å²) in [6.45, 7) is 3.25. The molecule has 1 aromatic carbocycles. The Kier molecular flexibility index (Phi) is 14.5. The van der Waals surface area contributed by atoms with E-state index in [1.165, 1.54) is 7.11 Å². The smallest absolute Gasteiger partial charge is 0.387 e. The Morgan fingerprint density at radius 2 is 2.13 bits per heavy atom. The van der Waals surface area contributed by atoms with Crippen LogP contribution in [0.4, 0.5) is 8.78 Å². The summed E-state index contributed by atoms with van der Waals surface area (Å²) in [5, 5.41) is 6.45. The molecule has 1 heterocycles. The highest BCUT2D eigenvalue weighted by atomic mass is 127. The molecule has 0 bridgehead atoms. The molecular weight excluding hydrogens is 523 g/mol. The van der Waals surface area contributed by atoms with Crippen molar-refractivity contribution in [1.82, 2.24) is 10.6 Å². The number of alkyl halides is 2. The van der Waals surface area contributed by atoms with Crippen LogP contribution >= 0.6 is 24.0 Å². The first-order valence-electron chi connectivity index (χ1n) is 10.5. The molecule has 0 saturated carbocycles. The number of guanidine groups is 1. The monoisotopic (exact) mass is 557 g/mol. The molecule has 0 spiro atoms. The fourth-order valence-corrected chi connectivity index (χ4v) is 3.08. The van der Waals surface area contributed by atoms with Gasteiger partial charge >= 0.3 is 6.61 Å². The molecule has 7 nitrogen and oxygen atoms in total. The van der Waals surface area contributed by atoms with Gasteiger partial charge in [0.05, 0.1) is 19.8 Å². The van der Waals surface area contributed by atoms with Gasteiger partial charge in [0.2, 0.25) is 0 Å². The summed E-state index contributed by atoms with van der Waals surface area (Å²) in [6, 6.07) is 5.03. The third-order valence-corrected chi connectivity index (χ3v) is 4.54. The molecule has 2 rings (SSSR count). The zero-order valence-electron chi connectivity index (χ0n) is 18.2. The lowest BCUT2D eigenvalue weighted by Gasteiger charge is -2.13. The molecule has 1 aromatic rings. The predicted octanol–water partition coefficient (Wildman–Crippen LogP) is 3.60. The summed E-state index contributed by atoms with van der Waals surface area (Å²) < 4.78 is 45.9. The molecule has 0 amide bonds. The van der Waals surface area contributed by atoms with Crippen molar-refractivity contribution in [2.24, 2.45) is 4.99 Å². The third-order valence-electron chi connectivity index (χ3n) is 4.54. The Morgan fingerprint density at radius 3 is 2.81 bits per heavy atom. The first-order chi connectivity index (χ1) is 14.6. The Hall–Kier alpha value is -1.40. The SMILES string of the molecule is CCNC(=NCCCOCC1CCCO1)NCCc1ccc(OC)c(OC(F)F)c1.I. The highest BCUT2D eigenvalue weighted by Gasteiger charge is 2.15. The van der Waals surface area contributed by atoms with E-state index in [2.05, 4.69) is 20.4 Å².